The van der Waals surface area contributed by atoms with Gasteiger partial charge in [-0.3, -0.25) is 9.59 Å². The number of carbonyl (C=O) groups is 2. The molecule has 1 N–H and O–H groups in total. The number of hydrogen-bond donors (Lipinski definition) is 1. The van der Waals surface area contributed by atoms with Crippen molar-refractivity contribution in [1.82, 2.24) is 9.21 Å². The first-order valence-electron chi connectivity index (χ1n) is 11.4. The van der Waals surface area contributed by atoms with Gasteiger partial charge in [0.25, 0.3) is 11.7 Å². The summed E-state index contributed by atoms with van der Waals surface area (Å²) in [5.41, 5.74) is 0.720. The third-order valence-electron chi connectivity index (χ3n) is 6.32. The Balaban J connectivity index is 1.74. The summed E-state index contributed by atoms with van der Waals surface area (Å²) in [4.78, 5) is 27.3. The second-order valence-electron chi connectivity index (χ2n) is 8.53. The monoisotopic (exact) mass is 518 g/mol. The number of sulfonamides is 1. The summed E-state index contributed by atoms with van der Waals surface area (Å²) in [7, 11) is -2.15. The third-order valence-corrected chi connectivity index (χ3v) is 8.47. The lowest BCUT2D eigenvalue weighted by molar-refractivity contribution is -0.140. The van der Waals surface area contributed by atoms with Crippen LogP contribution in [0.2, 0.25) is 5.02 Å². The van der Waals surface area contributed by atoms with Gasteiger partial charge in [0.1, 0.15) is 5.76 Å². The zero-order chi connectivity index (χ0) is 25.2. The molecule has 1 amide bonds. The number of methoxy groups -OCH3 is 1. The maximum Gasteiger partial charge on any atom is 0.295 e. The Labute approximate surface area is 209 Å². The summed E-state index contributed by atoms with van der Waals surface area (Å²) >= 11 is 6.16. The number of halogens is 1. The van der Waals surface area contributed by atoms with Crippen LogP contribution in [0, 0.1) is 0 Å². The summed E-state index contributed by atoms with van der Waals surface area (Å²) in [6, 6.07) is 11.6. The van der Waals surface area contributed by atoms with Gasteiger partial charge in [0.05, 0.1) is 23.1 Å². The van der Waals surface area contributed by atoms with Gasteiger partial charge in [0.2, 0.25) is 10.0 Å². The molecule has 2 aliphatic rings. The number of rotatable bonds is 7. The molecule has 8 nitrogen and oxygen atoms in total. The van der Waals surface area contributed by atoms with E-state index >= 15 is 0 Å². The zero-order valence-corrected chi connectivity index (χ0v) is 20.9. The van der Waals surface area contributed by atoms with Crippen LogP contribution in [-0.4, -0.2) is 67.8 Å². The van der Waals surface area contributed by atoms with Crippen molar-refractivity contribution in [3.05, 3.63) is 70.3 Å². The SMILES string of the molecule is COCCN1C(=O)C(=O)C(=C(O)c2ccc(S(=O)(=O)N3CCCCC3)cc2)[C@@H]1c1cccc(Cl)c1. The van der Waals surface area contributed by atoms with E-state index in [1.807, 2.05) is 0 Å². The molecule has 1 atom stereocenters. The maximum atomic E-state index is 13.0. The molecule has 35 heavy (non-hydrogen) atoms. The Morgan fingerprint density at radius 3 is 2.40 bits per heavy atom. The fourth-order valence-corrected chi connectivity index (χ4v) is 6.23. The number of ether oxygens (including phenoxy) is 1. The highest BCUT2D eigenvalue weighted by molar-refractivity contribution is 7.89. The van der Waals surface area contributed by atoms with E-state index in [0.717, 1.165) is 19.3 Å². The van der Waals surface area contributed by atoms with Crippen molar-refractivity contribution >= 4 is 39.1 Å². The maximum absolute atomic E-state index is 13.0. The van der Waals surface area contributed by atoms with Crippen molar-refractivity contribution < 1.29 is 27.9 Å². The molecular weight excluding hydrogens is 492 g/mol. The lowest BCUT2D eigenvalue weighted by Crippen LogP contribution is -2.35. The molecule has 2 heterocycles. The summed E-state index contributed by atoms with van der Waals surface area (Å²) < 4.78 is 32.5. The topological polar surface area (TPSA) is 104 Å². The molecule has 2 fully saturated rings. The Bertz CT molecular complexity index is 1250. The number of aliphatic hydroxyl groups excluding tert-OH is 1. The Morgan fingerprint density at radius 2 is 1.77 bits per heavy atom. The second-order valence-corrected chi connectivity index (χ2v) is 10.9. The minimum absolute atomic E-state index is 0.0833. The standard InChI is InChI=1S/C25H27ClN2O6S/c1-34-15-14-28-22(18-6-5-7-19(26)16-18)21(24(30)25(28)31)23(29)17-8-10-20(11-9-17)35(32,33)27-12-3-2-4-13-27/h5-11,16,22,29H,2-4,12-15H2,1H3/t22-/m0/s1. The van der Waals surface area contributed by atoms with Crippen LogP contribution < -0.4 is 0 Å². The van der Waals surface area contributed by atoms with Gasteiger partial charge < -0.3 is 14.7 Å². The molecule has 0 aromatic heterocycles. The van der Waals surface area contributed by atoms with Crippen molar-refractivity contribution in [2.75, 3.05) is 33.4 Å². The Hall–Kier alpha value is -2.72. The van der Waals surface area contributed by atoms with E-state index < -0.39 is 27.8 Å². The molecule has 0 saturated carbocycles. The molecule has 2 aromatic carbocycles. The lowest BCUT2D eigenvalue weighted by Gasteiger charge is -2.26. The van der Waals surface area contributed by atoms with Crippen LogP contribution in [-0.2, 0) is 24.3 Å². The van der Waals surface area contributed by atoms with Crippen molar-refractivity contribution in [2.45, 2.75) is 30.2 Å². The van der Waals surface area contributed by atoms with Gasteiger partial charge in [-0.15, -0.1) is 0 Å². The summed E-state index contributed by atoms with van der Waals surface area (Å²) in [6.45, 7) is 1.30. The largest absolute Gasteiger partial charge is 0.507 e. The Morgan fingerprint density at radius 1 is 1.09 bits per heavy atom. The first-order chi connectivity index (χ1) is 16.8. The molecule has 4 rings (SSSR count). The quantitative estimate of drug-likeness (QED) is 0.341. The smallest absolute Gasteiger partial charge is 0.295 e. The molecule has 2 saturated heterocycles. The fraction of sp³-hybridized carbons (Fsp3) is 0.360. The number of Topliss-reactive ketones (excluding diaryl/α,β-unsaturated/α-hetero) is 1. The van der Waals surface area contributed by atoms with Crippen molar-refractivity contribution in [3.63, 3.8) is 0 Å². The minimum Gasteiger partial charge on any atom is -0.507 e. The highest BCUT2D eigenvalue weighted by Gasteiger charge is 2.46. The van der Waals surface area contributed by atoms with E-state index in [1.165, 1.54) is 40.6 Å². The van der Waals surface area contributed by atoms with Crippen LogP contribution >= 0.6 is 11.6 Å². The number of aliphatic hydroxyl groups is 1. The van der Waals surface area contributed by atoms with E-state index in [0.29, 0.717) is 23.7 Å². The first kappa shape index (κ1) is 25.4. The van der Waals surface area contributed by atoms with Crippen LogP contribution in [0.3, 0.4) is 0 Å². The van der Waals surface area contributed by atoms with E-state index in [9.17, 15) is 23.1 Å². The highest BCUT2D eigenvalue weighted by Crippen LogP contribution is 2.40. The van der Waals surface area contributed by atoms with Gasteiger partial charge in [0.15, 0.2) is 0 Å². The predicted octanol–water partition coefficient (Wildman–Crippen LogP) is 3.58. The van der Waals surface area contributed by atoms with Gasteiger partial charge >= 0.3 is 0 Å². The fourth-order valence-electron chi connectivity index (χ4n) is 4.52. The van der Waals surface area contributed by atoms with Gasteiger partial charge in [-0.25, -0.2) is 8.42 Å². The number of benzene rings is 2. The number of likely N-dealkylation sites (tertiary alicyclic amines) is 1. The molecule has 2 aliphatic heterocycles. The zero-order valence-electron chi connectivity index (χ0n) is 19.3. The molecule has 186 valence electrons. The van der Waals surface area contributed by atoms with Gasteiger partial charge in [-0.2, -0.15) is 4.31 Å². The van der Waals surface area contributed by atoms with E-state index in [4.69, 9.17) is 16.3 Å². The van der Waals surface area contributed by atoms with E-state index in [1.54, 1.807) is 24.3 Å². The van der Waals surface area contributed by atoms with Gasteiger partial charge in [0, 0.05) is 37.3 Å². The average molecular weight is 519 g/mol. The number of piperidine rings is 1. The molecule has 0 aliphatic carbocycles. The molecule has 10 heteroatoms. The molecular formula is C25H27ClN2O6S. The summed E-state index contributed by atoms with van der Waals surface area (Å²) in [6.07, 6.45) is 2.66. The summed E-state index contributed by atoms with van der Waals surface area (Å²) in [5.74, 6) is -1.96. The van der Waals surface area contributed by atoms with E-state index in [2.05, 4.69) is 0 Å². The Kier molecular flexibility index (Phi) is 7.61. The summed E-state index contributed by atoms with van der Waals surface area (Å²) in [5, 5.41) is 11.6. The minimum atomic E-state index is -3.64. The molecule has 0 radical (unpaired) electrons. The molecule has 0 bridgehead atoms. The number of hydrogen-bond acceptors (Lipinski definition) is 6. The molecule has 0 spiro atoms. The number of amides is 1. The van der Waals surface area contributed by atoms with Gasteiger partial charge in [-0.1, -0.05) is 30.2 Å². The second kappa shape index (κ2) is 10.5. The number of ketones is 1. The van der Waals surface area contributed by atoms with E-state index in [-0.39, 0.29) is 34.9 Å². The molecule has 2 aromatic rings. The van der Waals surface area contributed by atoms with Crippen LogP contribution in [0.1, 0.15) is 36.4 Å². The van der Waals surface area contributed by atoms with Crippen molar-refractivity contribution in [2.24, 2.45) is 0 Å². The number of carbonyl (C=O) groups excluding carboxylic acids is 2. The molecule has 0 unspecified atom stereocenters. The highest BCUT2D eigenvalue weighted by atomic mass is 35.5. The number of nitrogens with zero attached hydrogens (tertiary/aromatic N) is 2. The van der Waals surface area contributed by atoms with Crippen LogP contribution in [0.5, 0.6) is 0 Å². The first-order valence-corrected chi connectivity index (χ1v) is 13.2. The van der Waals surface area contributed by atoms with Gasteiger partial charge in [-0.05, 0) is 54.8 Å². The van der Waals surface area contributed by atoms with Crippen molar-refractivity contribution in [1.29, 1.82) is 0 Å². The normalized spacial score (nSPS) is 21.0. The lowest BCUT2D eigenvalue weighted by atomic mass is 9.95. The van der Waals surface area contributed by atoms with Crippen molar-refractivity contribution in [3.8, 4) is 0 Å². The average Bonchev–Trinajstić information content (AvgIpc) is 3.12. The van der Waals surface area contributed by atoms with Crippen LogP contribution in [0.25, 0.3) is 5.76 Å². The van der Waals surface area contributed by atoms with Crippen LogP contribution in [0.15, 0.2) is 59.0 Å². The van der Waals surface area contributed by atoms with Crippen LogP contribution in [0.4, 0.5) is 0 Å². The predicted molar refractivity (Wildman–Crippen MR) is 131 cm³/mol. The third kappa shape index (κ3) is 4.99.